The third kappa shape index (κ3) is 5.63. The molecule has 1 aromatic rings. The molecule has 0 heterocycles. The SMILES string of the molecule is COCc1ccccc1CNC(C)CCN(C)C. The van der Waals surface area contributed by atoms with Gasteiger partial charge in [0.25, 0.3) is 0 Å². The predicted molar refractivity (Wildman–Crippen MR) is 76.6 cm³/mol. The molecule has 0 aliphatic heterocycles. The van der Waals surface area contributed by atoms with Crippen LogP contribution in [0, 0.1) is 0 Å². The number of hydrogen-bond donors (Lipinski definition) is 1. The van der Waals surface area contributed by atoms with Crippen LogP contribution in [0.15, 0.2) is 24.3 Å². The second-order valence-corrected chi connectivity index (χ2v) is 5.08. The Labute approximate surface area is 111 Å². The van der Waals surface area contributed by atoms with E-state index in [-0.39, 0.29) is 0 Å². The summed E-state index contributed by atoms with van der Waals surface area (Å²) in [6.45, 7) is 4.95. The van der Waals surface area contributed by atoms with Crippen LogP contribution in [-0.4, -0.2) is 38.7 Å². The highest BCUT2D eigenvalue weighted by Crippen LogP contribution is 2.10. The lowest BCUT2D eigenvalue weighted by Crippen LogP contribution is -2.29. The van der Waals surface area contributed by atoms with E-state index in [1.165, 1.54) is 17.5 Å². The van der Waals surface area contributed by atoms with E-state index in [2.05, 4.69) is 55.5 Å². The lowest BCUT2D eigenvalue weighted by atomic mass is 10.1. The number of methoxy groups -OCH3 is 1. The highest BCUT2D eigenvalue weighted by atomic mass is 16.5. The first-order valence-electron chi connectivity index (χ1n) is 6.57. The number of nitrogens with one attached hydrogen (secondary N) is 1. The van der Waals surface area contributed by atoms with Crippen molar-refractivity contribution in [3.63, 3.8) is 0 Å². The number of hydrogen-bond acceptors (Lipinski definition) is 3. The van der Waals surface area contributed by atoms with Crippen molar-refractivity contribution in [3.8, 4) is 0 Å². The van der Waals surface area contributed by atoms with E-state index >= 15 is 0 Å². The molecule has 0 saturated heterocycles. The zero-order chi connectivity index (χ0) is 13.4. The average molecular weight is 250 g/mol. The molecule has 1 rings (SSSR count). The monoisotopic (exact) mass is 250 g/mol. The van der Waals surface area contributed by atoms with E-state index in [1.807, 2.05) is 0 Å². The zero-order valence-electron chi connectivity index (χ0n) is 12.1. The van der Waals surface area contributed by atoms with E-state index < -0.39 is 0 Å². The molecule has 0 saturated carbocycles. The fourth-order valence-electron chi connectivity index (χ4n) is 1.86. The second-order valence-electron chi connectivity index (χ2n) is 5.08. The van der Waals surface area contributed by atoms with Crippen molar-refractivity contribution in [2.75, 3.05) is 27.7 Å². The molecule has 1 unspecified atom stereocenters. The van der Waals surface area contributed by atoms with Gasteiger partial charge in [0, 0.05) is 19.7 Å². The Morgan fingerprint density at radius 1 is 1.22 bits per heavy atom. The summed E-state index contributed by atoms with van der Waals surface area (Å²) in [6, 6.07) is 8.97. The molecule has 102 valence electrons. The largest absolute Gasteiger partial charge is 0.380 e. The topological polar surface area (TPSA) is 24.5 Å². The molecule has 18 heavy (non-hydrogen) atoms. The lowest BCUT2D eigenvalue weighted by Gasteiger charge is -2.17. The van der Waals surface area contributed by atoms with Gasteiger partial charge in [-0.15, -0.1) is 0 Å². The molecule has 0 radical (unpaired) electrons. The van der Waals surface area contributed by atoms with Gasteiger partial charge in [-0.2, -0.15) is 0 Å². The van der Waals surface area contributed by atoms with Gasteiger partial charge in [0.1, 0.15) is 0 Å². The third-order valence-electron chi connectivity index (χ3n) is 3.07. The fraction of sp³-hybridized carbons (Fsp3) is 0.600. The lowest BCUT2D eigenvalue weighted by molar-refractivity contribution is 0.184. The highest BCUT2D eigenvalue weighted by Gasteiger charge is 2.05. The molecule has 0 aliphatic carbocycles. The first kappa shape index (κ1) is 15.2. The Balaban J connectivity index is 2.42. The minimum absolute atomic E-state index is 0.531. The summed E-state index contributed by atoms with van der Waals surface area (Å²) < 4.78 is 5.22. The summed E-state index contributed by atoms with van der Waals surface area (Å²) in [5, 5.41) is 3.57. The van der Waals surface area contributed by atoms with Gasteiger partial charge in [-0.05, 0) is 45.1 Å². The van der Waals surface area contributed by atoms with Crippen molar-refractivity contribution in [1.29, 1.82) is 0 Å². The quantitative estimate of drug-likeness (QED) is 0.766. The van der Waals surface area contributed by atoms with Gasteiger partial charge < -0.3 is 15.0 Å². The van der Waals surface area contributed by atoms with Crippen molar-refractivity contribution >= 4 is 0 Å². The van der Waals surface area contributed by atoms with Gasteiger partial charge in [-0.25, -0.2) is 0 Å². The Morgan fingerprint density at radius 2 is 1.89 bits per heavy atom. The zero-order valence-corrected chi connectivity index (χ0v) is 12.1. The van der Waals surface area contributed by atoms with Crippen LogP contribution < -0.4 is 5.32 Å². The van der Waals surface area contributed by atoms with Crippen LogP contribution in [0.5, 0.6) is 0 Å². The molecular formula is C15H26N2O. The molecule has 0 aliphatic rings. The molecule has 0 fully saturated rings. The van der Waals surface area contributed by atoms with E-state index in [0.717, 1.165) is 13.1 Å². The summed E-state index contributed by atoms with van der Waals surface area (Å²) in [5.74, 6) is 0. The third-order valence-corrected chi connectivity index (χ3v) is 3.07. The summed E-state index contributed by atoms with van der Waals surface area (Å²) in [6.07, 6.45) is 1.17. The van der Waals surface area contributed by atoms with Crippen LogP contribution in [0.4, 0.5) is 0 Å². The summed E-state index contributed by atoms with van der Waals surface area (Å²) in [5.41, 5.74) is 2.60. The van der Waals surface area contributed by atoms with Gasteiger partial charge in [-0.1, -0.05) is 24.3 Å². The smallest absolute Gasteiger partial charge is 0.0716 e. The van der Waals surface area contributed by atoms with E-state index in [9.17, 15) is 0 Å². The van der Waals surface area contributed by atoms with Crippen molar-refractivity contribution in [1.82, 2.24) is 10.2 Å². The minimum Gasteiger partial charge on any atom is -0.380 e. The normalized spacial score (nSPS) is 12.9. The van der Waals surface area contributed by atoms with Crippen LogP contribution in [0.1, 0.15) is 24.5 Å². The minimum atomic E-state index is 0.531. The van der Waals surface area contributed by atoms with Gasteiger partial charge in [0.05, 0.1) is 6.61 Å². The molecule has 0 bridgehead atoms. The number of ether oxygens (including phenoxy) is 1. The molecular weight excluding hydrogens is 224 g/mol. The highest BCUT2D eigenvalue weighted by molar-refractivity contribution is 5.26. The molecule has 0 aromatic heterocycles. The molecule has 0 spiro atoms. The van der Waals surface area contributed by atoms with E-state index in [0.29, 0.717) is 12.6 Å². The van der Waals surface area contributed by atoms with Gasteiger partial charge in [-0.3, -0.25) is 0 Å². The standard InChI is InChI=1S/C15H26N2O/c1-13(9-10-17(2)3)16-11-14-7-5-6-8-15(14)12-18-4/h5-8,13,16H,9-12H2,1-4H3. The Kier molecular flexibility index (Phi) is 6.94. The fourth-order valence-corrected chi connectivity index (χ4v) is 1.86. The molecule has 1 N–H and O–H groups in total. The van der Waals surface area contributed by atoms with Crippen LogP contribution >= 0.6 is 0 Å². The van der Waals surface area contributed by atoms with Gasteiger partial charge >= 0.3 is 0 Å². The maximum absolute atomic E-state index is 5.22. The first-order chi connectivity index (χ1) is 8.63. The van der Waals surface area contributed by atoms with Crippen LogP contribution in [-0.2, 0) is 17.9 Å². The van der Waals surface area contributed by atoms with Gasteiger partial charge in [0.15, 0.2) is 0 Å². The number of nitrogens with zero attached hydrogens (tertiary/aromatic N) is 1. The van der Waals surface area contributed by atoms with Crippen molar-refractivity contribution < 1.29 is 4.74 Å². The molecule has 1 atom stereocenters. The van der Waals surface area contributed by atoms with Gasteiger partial charge in [0.2, 0.25) is 0 Å². The van der Waals surface area contributed by atoms with E-state index in [1.54, 1.807) is 7.11 Å². The van der Waals surface area contributed by atoms with Crippen LogP contribution in [0.3, 0.4) is 0 Å². The average Bonchev–Trinajstić information content (AvgIpc) is 2.35. The molecule has 0 amide bonds. The Hall–Kier alpha value is -0.900. The van der Waals surface area contributed by atoms with Crippen molar-refractivity contribution in [2.45, 2.75) is 32.5 Å². The van der Waals surface area contributed by atoms with E-state index in [4.69, 9.17) is 4.74 Å². The number of benzene rings is 1. The number of rotatable bonds is 8. The predicted octanol–water partition coefficient (Wildman–Crippen LogP) is 2.26. The maximum Gasteiger partial charge on any atom is 0.0716 e. The maximum atomic E-state index is 5.22. The van der Waals surface area contributed by atoms with Crippen molar-refractivity contribution in [2.24, 2.45) is 0 Å². The summed E-state index contributed by atoms with van der Waals surface area (Å²) in [7, 11) is 5.96. The summed E-state index contributed by atoms with van der Waals surface area (Å²) in [4.78, 5) is 2.22. The Morgan fingerprint density at radius 3 is 2.50 bits per heavy atom. The Bertz CT molecular complexity index is 339. The van der Waals surface area contributed by atoms with Crippen LogP contribution in [0.25, 0.3) is 0 Å². The molecule has 3 heteroatoms. The second kappa shape index (κ2) is 8.25. The molecule has 3 nitrogen and oxygen atoms in total. The van der Waals surface area contributed by atoms with Crippen LogP contribution in [0.2, 0.25) is 0 Å². The first-order valence-corrected chi connectivity index (χ1v) is 6.57. The summed E-state index contributed by atoms with van der Waals surface area (Å²) >= 11 is 0. The molecule has 1 aromatic carbocycles. The van der Waals surface area contributed by atoms with Crippen molar-refractivity contribution in [3.05, 3.63) is 35.4 Å².